The van der Waals surface area contributed by atoms with Crippen molar-refractivity contribution >= 4 is 28.2 Å². The number of rotatable bonds is 4. The van der Waals surface area contributed by atoms with Gasteiger partial charge in [-0.2, -0.15) is 5.10 Å². The lowest BCUT2D eigenvalue weighted by atomic mass is 10.2. The van der Waals surface area contributed by atoms with Gasteiger partial charge in [-0.25, -0.2) is 14.6 Å². The van der Waals surface area contributed by atoms with Crippen molar-refractivity contribution in [1.82, 2.24) is 24.6 Å². The van der Waals surface area contributed by atoms with Crippen LogP contribution in [0.25, 0.3) is 16.7 Å². The van der Waals surface area contributed by atoms with E-state index in [9.17, 15) is 0 Å². The third kappa shape index (κ3) is 3.48. The van der Waals surface area contributed by atoms with Crippen molar-refractivity contribution in [3.8, 4) is 5.69 Å². The molecule has 1 aliphatic rings. The van der Waals surface area contributed by atoms with Crippen molar-refractivity contribution < 1.29 is 0 Å². The first kappa shape index (κ1) is 18.6. The summed E-state index contributed by atoms with van der Waals surface area (Å²) in [5.41, 5.74) is 5.20. The Kier molecular flexibility index (Phi) is 4.80. The lowest BCUT2D eigenvalue weighted by molar-refractivity contribution is 0.313. The van der Waals surface area contributed by atoms with Crippen molar-refractivity contribution in [2.24, 2.45) is 0 Å². The lowest BCUT2D eigenvalue weighted by Crippen LogP contribution is -2.44. The number of benzene rings is 2. The summed E-state index contributed by atoms with van der Waals surface area (Å²) < 4.78 is 1.89. The molecule has 30 heavy (non-hydrogen) atoms. The van der Waals surface area contributed by atoms with Gasteiger partial charge in [-0.05, 0) is 43.8 Å². The molecule has 1 N–H and O–H groups in total. The van der Waals surface area contributed by atoms with Crippen LogP contribution in [0.1, 0.15) is 5.56 Å². The van der Waals surface area contributed by atoms with Gasteiger partial charge in [0.25, 0.3) is 0 Å². The summed E-state index contributed by atoms with van der Waals surface area (Å²) in [5.74, 6) is 0.760. The smallest absolute Gasteiger partial charge is 0.168 e. The first-order valence-electron chi connectivity index (χ1n) is 10.2. The maximum atomic E-state index is 4.64. The lowest BCUT2D eigenvalue weighted by Gasteiger charge is -2.34. The average Bonchev–Trinajstić information content (AvgIpc) is 3.21. The van der Waals surface area contributed by atoms with Crippen molar-refractivity contribution in [3.63, 3.8) is 0 Å². The van der Waals surface area contributed by atoms with E-state index in [2.05, 4.69) is 74.5 Å². The Hall–Kier alpha value is -3.45. The molecule has 0 bridgehead atoms. The largest absolute Gasteiger partial charge is 0.369 e. The van der Waals surface area contributed by atoms with Crippen LogP contribution in [-0.4, -0.2) is 57.9 Å². The summed E-state index contributed by atoms with van der Waals surface area (Å²) >= 11 is 0. The molecule has 0 spiro atoms. The van der Waals surface area contributed by atoms with Crippen LogP contribution < -0.4 is 10.2 Å². The van der Waals surface area contributed by atoms with E-state index in [0.717, 1.165) is 60.0 Å². The van der Waals surface area contributed by atoms with E-state index in [4.69, 9.17) is 0 Å². The molecule has 2 aromatic heterocycles. The van der Waals surface area contributed by atoms with Crippen molar-refractivity contribution in [2.75, 3.05) is 43.4 Å². The van der Waals surface area contributed by atoms with Gasteiger partial charge in [-0.1, -0.05) is 24.3 Å². The molecule has 1 saturated heterocycles. The standard InChI is InChI=1S/C23H25N7/c1-17-6-3-4-9-21(17)27-22-20-15-26-30(23(20)25-16-24-22)19-8-5-7-18(14-19)29-12-10-28(2)11-13-29/h3-9,14-16H,10-13H2,1-2H3,(H,24,25,27). The molecule has 1 aliphatic heterocycles. The molecule has 5 rings (SSSR count). The van der Waals surface area contributed by atoms with Crippen LogP contribution in [0.2, 0.25) is 0 Å². The third-order valence-corrected chi connectivity index (χ3v) is 5.71. The van der Waals surface area contributed by atoms with Crippen molar-refractivity contribution in [1.29, 1.82) is 0 Å². The molecule has 0 atom stereocenters. The molecule has 2 aromatic carbocycles. The summed E-state index contributed by atoms with van der Waals surface area (Å²) in [4.78, 5) is 13.8. The number of fused-ring (bicyclic) bond motifs is 1. The number of hydrogen-bond donors (Lipinski definition) is 1. The van der Waals surface area contributed by atoms with Crippen LogP contribution in [0.4, 0.5) is 17.2 Å². The van der Waals surface area contributed by atoms with Crippen LogP contribution in [0.3, 0.4) is 0 Å². The monoisotopic (exact) mass is 399 g/mol. The van der Waals surface area contributed by atoms with Gasteiger partial charge in [-0.15, -0.1) is 0 Å². The second kappa shape index (κ2) is 7.76. The number of anilines is 3. The minimum absolute atomic E-state index is 0.760. The Labute approximate surface area is 176 Å². The van der Waals surface area contributed by atoms with E-state index < -0.39 is 0 Å². The number of piperazine rings is 1. The van der Waals surface area contributed by atoms with E-state index in [1.165, 1.54) is 5.69 Å². The van der Waals surface area contributed by atoms with Crippen molar-refractivity contribution in [3.05, 3.63) is 66.6 Å². The van der Waals surface area contributed by atoms with E-state index >= 15 is 0 Å². The molecule has 0 unspecified atom stereocenters. The first-order chi connectivity index (χ1) is 14.7. The normalized spacial score (nSPS) is 14.9. The molecule has 0 amide bonds. The van der Waals surface area contributed by atoms with Crippen LogP contribution in [0.5, 0.6) is 0 Å². The highest BCUT2D eigenvalue weighted by Gasteiger charge is 2.16. The van der Waals surface area contributed by atoms with Gasteiger partial charge in [-0.3, -0.25) is 0 Å². The maximum Gasteiger partial charge on any atom is 0.168 e. The van der Waals surface area contributed by atoms with Gasteiger partial charge >= 0.3 is 0 Å². The fourth-order valence-corrected chi connectivity index (χ4v) is 3.86. The van der Waals surface area contributed by atoms with E-state index in [1.54, 1.807) is 6.33 Å². The molecule has 7 heteroatoms. The quantitative estimate of drug-likeness (QED) is 0.566. The topological polar surface area (TPSA) is 62.1 Å². The summed E-state index contributed by atoms with van der Waals surface area (Å²) in [6, 6.07) is 16.7. The predicted octanol–water partition coefficient (Wildman–Crippen LogP) is 3.62. The second-order valence-corrected chi connectivity index (χ2v) is 7.77. The van der Waals surface area contributed by atoms with E-state index in [-0.39, 0.29) is 0 Å². The number of nitrogens with one attached hydrogen (secondary N) is 1. The molecule has 0 saturated carbocycles. The molecular formula is C23H25N7. The molecule has 3 heterocycles. The van der Waals surface area contributed by atoms with Gasteiger partial charge in [0.2, 0.25) is 0 Å². The highest BCUT2D eigenvalue weighted by Crippen LogP contribution is 2.27. The van der Waals surface area contributed by atoms with Gasteiger partial charge < -0.3 is 15.1 Å². The van der Waals surface area contributed by atoms with Gasteiger partial charge in [0.15, 0.2) is 5.65 Å². The zero-order valence-corrected chi connectivity index (χ0v) is 17.3. The fourth-order valence-electron chi connectivity index (χ4n) is 3.86. The Balaban J connectivity index is 1.49. The maximum absolute atomic E-state index is 4.64. The molecule has 1 fully saturated rings. The van der Waals surface area contributed by atoms with Crippen LogP contribution in [0.15, 0.2) is 61.1 Å². The number of nitrogens with zero attached hydrogens (tertiary/aromatic N) is 6. The molecule has 0 radical (unpaired) electrons. The average molecular weight is 400 g/mol. The van der Waals surface area contributed by atoms with Crippen LogP contribution in [-0.2, 0) is 0 Å². The second-order valence-electron chi connectivity index (χ2n) is 7.77. The highest BCUT2D eigenvalue weighted by atomic mass is 15.3. The predicted molar refractivity (Wildman–Crippen MR) is 121 cm³/mol. The highest BCUT2D eigenvalue weighted by molar-refractivity contribution is 5.89. The van der Waals surface area contributed by atoms with Crippen molar-refractivity contribution in [2.45, 2.75) is 6.92 Å². The van der Waals surface area contributed by atoms with E-state index in [1.807, 2.05) is 29.1 Å². The fraction of sp³-hybridized carbons (Fsp3) is 0.261. The Morgan fingerprint density at radius 1 is 0.900 bits per heavy atom. The summed E-state index contributed by atoms with van der Waals surface area (Å²) in [6.07, 6.45) is 3.42. The molecule has 152 valence electrons. The number of aromatic nitrogens is 4. The number of hydrogen-bond acceptors (Lipinski definition) is 6. The number of para-hydroxylation sites is 1. The number of likely N-dealkylation sites (N-methyl/N-ethyl adjacent to an activating group) is 1. The minimum Gasteiger partial charge on any atom is -0.369 e. The van der Waals surface area contributed by atoms with Crippen LogP contribution in [0, 0.1) is 6.92 Å². The van der Waals surface area contributed by atoms with E-state index in [0.29, 0.717) is 0 Å². The Bertz CT molecular complexity index is 1180. The Morgan fingerprint density at radius 3 is 2.53 bits per heavy atom. The van der Waals surface area contributed by atoms with Gasteiger partial charge in [0.05, 0.1) is 17.3 Å². The zero-order chi connectivity index (χ0) is 20.5. The first-order valence-corrected chi connectivity index (χ1v) is 10.2. The van der Waals surface area contributed by atoms with Gasteiger partial charge in [0.1, 0.15) is 12.1 Å². The molecule has 7 nitrogen and oxygen atoms in total. The minimum atomic E-state index is 0.760. The zero-order valence-electron chi connectivity index (χ0n) is 17.3. The summed E-state index contributed by atoms with van der Waals surface area (Å²) in [6.45, 7) is 6.30. The Morgan fingerprint density at radius 2 is 1.70 bits per heavy atom. The molecule has 0 aliphatic carbocycles. The summed E-state index contributed by atoms with van der Waals surface area (Å²) in [5, 5.41) is 8.96. The molecular weight excluding hydrogens is 374 g/mol. The SMILES string of the molecule is Cc1ccccc1Nc1ncnc2c1cnn2-c1cccc(N2CCN(C)CC2)c1. The van der Waals surface area contributed by atoms with Crippen LogP contribution >= 0.6 is 0 Å². The van der Waals surface area contributed by atoms with Gasteiger partial charge in [0, 0.05) is 37.6 Å². The molecule has 4 aromatic rings. The summed E-state index contributed by atoms with van der Waals surface area (Å²) in [7, 11) is 2.17. The number of aryl methyl sites for hydroxylation is 1. The third-order valence-electron chi connectivity index (χ3n) is 5.71.